The average Bonchev–Trinajstić information content (AvgIpc) is 3.11. The minimum Gasteiger partial charge on any atom is -0.325 e. The third kappa shape index (κ3) is 4.71. The summed E-state index contributed by atoms with van der Waals surface area (Å²) in [5, 5.41) is 7.77. The zero-order valence-electron chi connectivity index (χ0n) is 13.2. The molecule has 0 fully saturated rings. The van der Waals surface area contributed by atoms with E-state index in [-0.39, 0.29) is 24.3 Å². The molecule has 128 valence electrons. The van der Waals surface area contributed by atoms with Crippen LogP contribution in [-0.2, 0) is 4.79 Å². The topological polar surface area (TPSA) is 41.1 Å². The van der Waals surface area contributed by atoms with Crippen molar-refractivity contribution >= 4 is 22.9 Å². The van der Waals surface area contributed by atoms with Crippen LogP contribution in [0.3, 0.4) is 0 Å². The van der Waals surface area contributed by atoms with Crippen molar-refractivity contribution in [3.63, 3.8) is 0 Å². The number of carbonyl (C=O) groups is 1. The number of nitrogens with one attached hydrogen (secondary N) is 2. The largest absolute Gasteiger partial charge is 0.325 e. The molecule has 1 aromatic heterocycles. The van der Waals surface area contributed by atoms with Crippen LogP contribution >= 0.6 is 11.3 Å². The van der Waals surface area contributed by atoms with Crippen molar-refractivity contribution < 1.29 is 13.6 Å². The minimum atomic E-state index is -0.409. The number of carbonyl (C=O) groups excluding carboxylic acids is 1. The van der Waals surface area contributed by atoms with E-state index in [1.807, 2.05) is 17.5 Å². The van der Waals surface area contributed by atoms with Crippen molar-refractivity contribution in [3.8, 4) is 0 Å². The third-order valence-corrected chi connectivity index (χ3v) is 4.54. The summed E-state index contributed by atoms with van der Waals surface area (Å²) >= 11 is 1.55. The maximum absolute atomic E-state index is 13.2. The number of benzene rings is 2. The van der Waals surface area contributed by atoms with Gasteiger partial charge in [-0.05, 0) is 47.3 Å². The predicted molar refractivity (Wildman–Crippen MR) is 95.6 cm³/mol. The lowest BCUT2D eigenvalue weighted by molar-refractivity contribution is -0.115. The Balaban J connectivity index is 1.68. The molecule has 1 atom stereocenters. The Morgan fingerprint density at radius 3 is 2.48 bits per heavy atom. The van der Waals surface area contributed by atoms with Gasteiger partial charge in [-0.3, -0.25) is 10.1 Å². The van der Waals surface area contributed by atoms with Gasteiger partial charge in [0.25, 0.3) is 0 Å². The number of hydrogen-bond donors (Lipinski definition) is 2. The maximum Gasteiger partial charge on any atom is 0.238 e. The van der Waals surface area contributed by atoms with Gasteiger partial charge in [0.2, 0.25) is 5.91 Å². The minimum absolute atomic E-state index is 0.0382. The van der Waals surface area contributed by atoms with Crippen molar-refractivity contribution in [2.24, 2.45) is 0 Å². The second-order valence-corrected chi connectivity index (χ2v) is 6.42. The molecule has 0 aliphatic carbocycles. The Bertz CT molecular complexity index is 835. The molecule has 1 heterocycles. The van der Waals surface area contributed by atoms with Gasteiger partial charge in [-0.2, -0.15) is 0 Å². The van der Waals surface area contributed by atoms with Gasteiger partial charge in [0.05, 0.1) is 12.6 Å². The second-order valence-electron chi connectivity index (χ2n) is 5.44. The molecule has 2 aromatic carbocycles. The van der Waals surface area contributed by atoms with Crippen LogP contribution in [0.1, 0.15) is 16.5 Å². The molecule has 3 nitrogen and oxygen atoms in total. The van der Waals surface area contributed by atoms with Crippen LogP contribution in [-0.4, -0.2) is 12.5 Å². The van der Waals surface area contributed by atoms with Crippen LogP contribution in [0.5, 0.6) is 0 Å². The summed E-state index contributed by atoms with van der Waals surface area (Å²) in [4.78, 5) is 13.1. The van der Waals surface area contributed by atoms with Crippen LogP contribution in [0.25, 0.3) is 0 Å². The molecule has 0 saturated heterocycles. The highest BCUT2D eigenvalue weighted by Gasteiger charge is 2.16. The number of rotatable bonds is 6. The summed E-state index contributed by atoms with van der Waals surface area (Å²) in [5.41, 5.74) is 1.27. The standard InChI is InChI=1S/C19H16F2N2OS/c20-14-8-6-13(7-9-14)19(17-5-2-10-25-17)22-12-18(24)23-16-4-1-3-15(21)11-16/h1-11,19,22H,12H2,(H,23,24)/t19-/m0/s1. The first-order valence-corrected chi connectivity index (χ1v) is 8.57. The highest BCUT2D eigenvalue weighted by Crippen LogP contribution is 2.26. The van der Waals surface area contributed by atoms with E-state index >= 15 is 0 Å². The van der Waals surface area contributed by atoms with Gasteiger partial charge in [-0.1, -0.05) is 24.3 Å². The van der Waals surface area contributed by atoms with Gasteiger partial charge < -0.3 is 5.32 Å². The fourth-order valence-electron chi connectivity index (χ4n) is 2.46. The highest BCUT2D eigenvalue weighted by atomic mass is 32.1. The molecule has 3 aromatic rings. The van der Waals surface area contributed by atoms with Crippen molar-refractivity contribution in [1.29, 1.82) is 0 Å². The number of amides is 1. The predicted octanol–water partition coefficient (Wildman–Crippen LogP) is 4.34. The van der Waals surface area contributed by atoms with Gasteiger partial charge in [-0.15, -0.1) is 11.3 Å². The lowest BCUT2D eigenvalue weighted by atomic mass is 10.1. The fourth-order valence-corrected chi connectivity index (χ4v) is 3.29. The Morgan fingerprint density at radius 1 is 1.00 bits per heavy atom. The quantitative estimate of drug-likeness (QED) is 0.688. The zero-order chi connectivity index (χ0) is 17.6. The van der Waals surface area contributed by atoms with Gasteiger partial charge >= 0.3 is 0 Å². The number of halogens is 2. The molecule has 0 aliphatic heterocycles. The normalized spacial score (nSPS) is 11.9. The molecule has 1 amide bonds. The van der Waals surface area contributed by atoms with Crippen molar-refractivity contribution in [2.45, 2.75) is 6.04 Å². The Hall–Kier alpha value is -2.57. The fraction of sp³-hybridized carbons (Fsp3) is 0.105. The van der Waals surface area contributed by atoms with Crippen LogP contribution in [0.15, 0.2) is 66.0 Å². The van der Waals surface area contributed by atoms with E-state index in [9.17, 15) is 13.6 Å². The molecular weight excluding hydrogens is 342 g/mol. The van der Waals surface area contributed by atoms with Crippen LogP contribution in [0.4, 0.5) is 14.5 Å². The van der Waals surface area contributed by atoms with E-state index in [2.05, 4.69) is 10.6 Å². The molecule has 0 saturated carbocycles. The molecule has 25 heavy (non-hydrogen) atoms. The summed E-state index contributed by atoms with van der Waals surface area (Å²) in [6.07, 6.45) is 0. The first kappa shape index (κ1) is 17.3. The zero-order valence-corrected chi connectivity index (χ0v) is 14.0. The lowest BCUT2D eigenvalue weighted by Gasteiger charge is -2.18. The van der Waals surface area contributed by atoms with Crippen LogP contribution in [0.2, 0.25) is 0 Å². The maximum atomic E-state index is 13.2. The third-order valence-electron chi connectivity index (χ3n) is 3.61. The molecule has 0 aliphatic rings. The van der Waals surface area contributed by atoms with Gasteiger partial charge in [-0.25, -0.2) is 8.78 Å². The van der Waals surface area contributed by atoms with Crippen LogP contribution in [0, 0.1) is 11.6 Å². The highest BCUT2D eigenvalue weighted by molar-refractivity contribution is 7.10. The van der Waals surface area contributed by atoms with E-state index in [1.54, 1.807) is 29.5 Å². The Kier molecular flexibility index (Phi) is 5.53. The van der Waals surface area contributed by atoms with E-state index in [4.69, 9.17) is 0 Å². The molecule has 3 rings (SSSR count). The molecular formula is C19H16F2N2OS. The molecule has 0 unspecified atom stereocenters. The molecule has 0 bridgehead atoms. The summed E-state index contributed by atoms with van der Waals surface area (Å²) in [7, 11) is 0. The Labute approximate surface area is 148 Å². The first-order chi connectivity index (χ1) is 12.1. The summed E-state index contributed by atoms with van der Waals surface area (Å²) < 4.78 is 26.3. The lowest BCUT2D eigenvalue weighted by Crippen LogP contribution is -2.31. The van der Waals surface area contributed by atoms with E-state index < -0.39 is 5.82 Å². The monoisotopic (exact) mass is 358 g/mol. The van der Waals surface area contributed by atoms with E-state index in [1.165, 1.54) is 30.3 Å². The SMILES string of the molecule is O=C(CN[C@@H](c1ccc(F)cc1)c1cccs1)Nc1cccc(F)c1. The Morgan fingerprint density at radius 2 is 1.80 bits per heavy atom. The summed E-state index contributed by atoms with van der Waals surface area (Å²) in [5.74, 6) is -1.000. The van der Waals surface area contributed by atoms with Crippen molar-refractivity contribution in [3.05, 3.63) is 88.1 Å². The smallest absolute Gasteiger partial charge is 0.238 e. The van der Waals surface area contributed by atoms with E-state index in [0.29, 0.717) is 5.69 Å². The van der Waals surface area contributed by atoms with Crippen molar-refractivity contribution in [1.82, 2.24) is 5.32 Å². The summed E-state index contributed by atoms with van der Waals surface area (Å²) in [6.45, 7) is 0.0382. The van der Waals surface area contributed by atoms with Gasteiger partial charge in [0, 0.05) is 10.6 Å². The number of hydrogen-bond acceptors (Lipinski definition) is 3. The van der Waals surface area contributed by atoms with Crippen molar-refractivity contribution in [2.75, 3.05) is 11.9 Å². The molecule has 2 N–H and O–H groups in total. The first-order valence-electron chi connectivity index (χ1n) is 7.69. The molecule has 6 heteroatoms. The van der Waals surface area contributed by atoms with Gasteiger partial charge in [0.1, 0.15) is 11.6 Å². The average molecular weight is 358 g/mol. The summed E-state index contributed by atoms with van der Waals surface area (Å²) in [6, 6.07) is 15.6. The number of thiophene rings is 1. The second kappa shape index (κ2) is 8.00. The molecule has 0 spiro atoms. The number of anilines is 1. The van der Waals surface area contributed by atoms with Crippen LogP contribution < -0.4 is 10.6 Å². The molecule has 0 radical (unpaired) electrons. The van der Waals surface area contributed by atoms with Gasteiger partial charge in [0.15, 0.2) is 0 Å². The van der Waals surface area contributed by atoms with E-state index in [0.717, 1.165) is 10.4 Å².